The van der Waals surface area contributed by atoms with Gasteiger partial charge in [-0.05, 0) is 89.5 Å². The number of hydrogen-bond acceptors (Lipinski definition) is 2. The van der Waals surface area contributed by atoms with Gasteiger partial charge in [0, 0.05) is 35.2 Å². The molecule has 0 unspecified atom stereocenters. The summed E-state index contributed by atoms with van der Waals surface area (Å²) in [5.41, 5.74) is 0.859. The maximum atomic E-state index is 2.63. The molecular formula is C19H42N2. The first-order valence-corrected chi connectivity index (χ1v) is 8.53. The smallest absolute Gasteiger partial charge is 0.0130 e. The zero-order chi connectivity index (χ0) is 17.3. The van der Waals surface area contributed by atoms with E-state index in [9.17, 15) is 0 Å². The Bertz CT molecular complexity index is 244. The second kappa shape index (κ2) is 6.58. The Morgan fingerprint density at radius 3 is 0.762 bits per heavy atom. The molecule has 0 aliphatic heterocycles. The fourth-order valence-corrected chi connectivity index (χ4v) is 3.74. The lowest BCUT2D eigenvalue weighted by atomic mass is 9.94. The third kappa shape index (κ3) is 7.15. The van der Waals surface area contributed by atoms with Gasteiger partial charge in [0.15, 0.2) is 0 Å². The van der Waals surface area contributed by atoms with Crippen molar-refractivity contribution in [3.63, 3.8) is 0 Å². The van der Waals surface area contributed by atoms with Crippen LogP contribution in [0.1, 0.15) is 89.5 Å². The van der Waals surface area contributed by atoms with Gasteiger partial charge in [-0.2, -0.15) is 0 Å². The van der Waals surface area contributed by atoms with Crippen molar-refractivity contribution in [3.8, 4) is 0 Å². The van der Waals surface area contributed by atoms with Gasteiger partial charge in [-0.3, -0.25) is 9.80 Å². The summed E-state index contributed by atoms with van der Waals surface area (Å²) < 4.78 is 0. The van der Waals surface area contributed by atoms with Crippen LogP contribution in [-0.2, 0) is 0 Å². The van der Waals surface area contributed by atoms with Crippen LogP contribution in [0.2, 0.25) is 0 Å². The molecule has 128 valence electrons. The van der Waals surface area contributed by atoms with Crippen LogP contribution in [0.4, 0.5) is 0 Å². The Morgan fingerprint density at radius 2 is 0.619 bits per heavy atom. The second-order valence-corrected chi connectivity index (χ2v) is 10.3. The first-order chi connectivity index (χ1) is 8.97. The monoisotopic (exact) mass is 298 g/mol. The maximum Gasteiger partial charge on any atom is 0.0130 e. The predicted molar refractivity (Wildman–Crippen MR) is 97.0 cm³/mol. The van der Waals surface area contributed by atoms with Gasteiger partial charge in [-0.25, -0.2) is 0 Å². The Kier molecular flexibility index (Phi) is 6.55. The summed E-state index contributed by atoms with van der Waals surface area (Å²) >= 11 is 0. The fourth-order valence-electron chi connectivity index (χ4n) is 3.74. The highest BCUT2D eigenvalue weighted by Crippen LogP contribution is 2.27. The Hall–Kier alpha value is -0.0800. The van der Waals surface area contributed by atoms with Crippen molar-refractivity contribution < 1.29 is 0 Å². The summed E-state index contributed by atoms with van der Waals surface area (Å²) in [5.74, 6) is 0. The summed E-state index contributed by atoms with van der Waals surface area (Å²) in [6.45, 7) is 30.2. The van der Waals surface area contributed by atoms with Gasteiger partial charge in [0.1, 0.15) is 0 Å². The first kappa shape index (κ1) is 20.9. The standard InChI is InChI=1S/C19H42N2/c1-16(2,3)20(17(4,5)6)14-13-15-21(18(7,8)9)19(10,11)12/h13-15H2,1-12H3. The van der Waals surface area contributed by atoms with Crippen molar-refractivity contribution in [1.29, 1.82) is 0 Å². The molecule has 0 fully saturated rings. The van der Waals surface area contributed by atoms with Crippen molar-refractivity contribution >= 4 is 0 Å². The minimum Gasteiger partial charge on any atom is -0.294 e. The molecule has 0 aromatic rings. The molecule has 0 amide bonds. The Labute approximate surface area is 135 Å². The van der Waals surface area contributed by atoms with Crippen LogP contribution in [0, 0.1) is 0 Å². The largest absolute Gasteiger partial charge is 0.294 e. The van der Waals surface area contributed by atoms with E-state index in [4.69, 9.17) is 0 Å². The molecule has 0 aromatic carbocycles. The maximum absolute atomic E-state index is 2.63. The van der Waals surface area contributed by atoms with E-state index >= 15 is 0 Å². The molecule has 0 radical (unpaired) electrons. The van der Waals surface area contributed by atoms with Gasteiger partial charge >= 0.3 is 0 Å². The number of nitrogens with zero attached hydrogens (tertiary/aromatic N) is 2. The van der Waals surface area contributed by atoms with Crippen LogP contribution in [0.5, 0.6) is 0 Å². The minimum atomic E-state index is 0.215. The van der Waals surface area contributed by atoms with E-state index in [0.717, 1.165) is 13.1 Å². The summed E-state index contributed by atoms with van der Waals surface area (Å²) in [6.07, 6.45) is 1.21. The average Bonchev–Trinajstić information content (AvgIpc) is 2.07. The molecule has 0 saturated carbocycles. The van der Waals surface area contributed by atoms with E-state index in [1.54, 1.807) is 0 Å². The number of hydrogen-bond donors (Lipinski definition) is 0. The third-order valence-electron chi connectivity index (χ3n) is 4.00. The van der Waals surface area contributed by atoms with Gasteiger partial charge < -0.3 is 0 Å². The van der Waals surface area contributed by atoms with Gasteiger partial charge in [0.2, 0.25) is 0 Å². The first-order valence-electron chi connectivity index (χ1n) is 8.53. The van der Waals surface area contributed by atoms with E-state index in [1.165, 1.54) is 6.42 Å². The lowest BCUT2D eigenvalue weighted by Crippen LogP contribution is -2.55. The molecule has 2 nitrogen and oxygen atoms in total. The molecule has 21 heavy (non-hydrogen) atoms. The topological polar surface area (TPSA) is 6.48 Å². The third-order valence-corrected chi connectivity index (χ3v) is 4.00. The van der Waals surface area contributed by atoms with Crippen molar-refractivity contribution in [2.45, 2.75) is 112 Å². The van der Waals surface area contributed by atoms with Crippen LogP contribution < -0.4 is 0 Å². The van der Waals surface area contributed by atoms with Gasteiger partial charge in [0.05, 0.1) is 0 Å². The molecule has 0 bridgehead atoms. The van der Waals surface area contributed by atoms with Crippen molar-refractivity contribution in [3.05, 3.63) is 0 Å². The normalized spacial score (nSPS) is 15.1. The van der Waals surface area contributed by atoms with Crippen LogP contribution in [0.15, 0.2) is 0 Å². The molecule has 0 aliphatic rings. The zero-order valence-corrected chi connectivity index (χ0v) is 17.0. The SMILES string of the molecule is CC(C)(C)N(CCCN(C(C)(C)C)C(C)(C)C)C(C)(C)C. The fraction of sp³-hybridized carbons (Fsp3) is 1.00. The van der Waals surface area contributed by atoms with E-state index in [1.807, 2.05) is 0 Å². The predicted octanol–water partition coefficient (Wildman–Crippen LogP) is 5.17. The summed E-state index contributed by atoms with van der Waals surface area (Å²) in [6, 6.07) is 0. The Balaban J connectivity index is 4.84. The summed E-state index contributed by atoms with van der Waals surface area (Å²) in [4.78, 5) is 5.26. The van der Waals surface area contributed by atoms with E-state index < -0.39 is 0 Å². The van der Waals surface area contributed by atoms with Crippen molar-refractivity contribution in [1.82, 2.24) is 9.80 Å². The van der Waals surface area contributed by atoms with Crippen LogP contribution in [0.25, 0.3) is 0 Å². The summed E-state index contributed by atoms with van der Waals surface area (Å²) in [5, 5.41) is 0. The molecule has 2 heteroatoms. The zero-order valence-electron chi connectivity index (χ0n) is 17.0. The molecule has 0 atom stereocenters. The van der Waals surface area contributed by atoms with Crippen LogP contribution >= 0.6 is 0 Å². The molecule has 0 aromatic heterocycles. The minimum absolute atomic E-state index is 0.215. The van der Waals surface area contributed by atoms with E-state index in [-0.39, 0.29) is 22.2 Å². The highest BCUT2D eigenvalue weighted by Gasteiger charge is 2.33. The highest BCUT2D eigenvalue weighted by molar-refractivity contribution is 4.89. The molecular weight excluding hydrogens is 256 g/mol. The van der Waals surface area contributed by atoms with Crippen LogP contribution in [-0.4, -0.2) is 45.0 Å². The van der Waals surface area contributed by atoms with Gasteiger partial charge in [-0.15, -0.1) is 0 Å². The molecule has 0 rings (SSSR count). The highest BCUT2D eigenvalue weighted by atomic mass is 15.3. The van der Waals surface area contributed by atoms with Crippen LogP contribution in [0.3, 0.4) is 0 Å². The van der Waals surface area contributed by atoms with Crippen molar-refractivity contribution in [2.75, 3.05) is 13.1 Å². The average molecular weight is 299 g/mol. The molecule has 0 N–H and O–H groups in total. The summed E-state index contributed by atoms with van der Waals surface area (Å²) in [7, 11) is 0. The van der Waals surface area contributed by atoms with Crippen molar-refractivity contribution in [2.24, 2.45) is 0 Å². The van der Waals surface area contributed by atoms with Gasteiger partial charge in [-0.1, -0.05) is 0 Å². The lowest BCUT2D eigenvalue weighted by molar-refractivity contribution is 0.0105. The van der Waals surface area contributed by atoms with E-state index in [0.29, 0.717) is 0 Å². The number of rotatable bonds is 4. The molecule has 0 saturated heterocycles. The molecule has 0 spiro atoms. The quantitative estimate of drug-likeness (QED) is 0.706. The molecule has 0 aliphatic carbocycles. The Morgan fingerprint density at radius 1 is 0.429 bits per heavy atom. The molecule has 0 heterocycles. The van der Waals surface area contributed by atoms with Gasteiger partial charge in [0.25, 0.3) is 0 Å². The van der Waals surface area contributed by atoms with E-state index in [2.05, 4.69) is 92.9 Å². The lowest BCUT2D eigenvalue weighted by Gasteiger charge is -2.48. The second-order valence-electron chi connectivity index (χ2n) is 10.3.